The van der Waals surface area contributed by atoms with Gasteiger partial charge in [-0.3, -0.25) is 5.32 Å². The molecule has 3 heterocycles. The van der Waals surface area contributed by atoms with E-state index < -0.39 is 18.0 Å². The zero-order valence-electron chi connectivity index (χ0n) is 18.3. The molecule has 2 atom stereocenters. The highest BCUT2D eigenvalue weighted by Gasteiger charge is 2.30. The first kappa shape index (κ1) is 22.2. The van der Waals surface area contributed by atoms with Crippen LogP contribution in [0.15, 0.2) is 24.5 Å². The summed E-state index contributed by atoms with van der Waals surface area (Å²) in [7, 11) is 0. The molecule has 1 fully saturated rings. The topological polar surface area (TPSA) is 109 Å². The Morgan fingerprint density at radius 1 is 1.32 bits per heavy atom. The molecule has 2 N–H and O–H groups in total. The number of pyridine rings is 2. The number of fused-ring (bicyclic) bond motifs is 2. The highest BCUT2D eigenvalue weighted by Crippen LogP contribution is 2.40. The van der Waals surface area contributed by atoms with Gasteiger partial charge in [-0.15, -0.1) is 0 Å². The van der Waals surface area contributed by atoms with E-state index in [1.54, 1.807) is 18.3 Å². The molecule has 1 aliphatic heterocycles. The van der Waals surface area contributed by atoms with Gasteiger partial charge in [-0.2, -0.15) is 5.26 Å². The zero-order valence-corrected chi connectivity index (χ0v) is 19.1. The first-order chi connectivity index (χ1) is 16.5. The van der Waals surface area contributed by atoms with Crippen LogP contribution in [0.3, 0.4) is 0 Å². The molecule has 10 heteroatoms. The lowest BCUT2D eigenvalue weighted by molar-refractivity contribution is 0.0999. The fraction of sp³-hybridized carbons (Fsp3) is 0.333. The number of nitrogens with zero attached hydrogens (tertiary/aromatic N) is 3. The number of carbonyl (C=O) groups is 1. The molecule has 0 saturated heterocycles. The fourth-order valence-corrected chi connectivity index (χ4v) is 4.73. The van der Waals surface area contributed by atoms with Crippen molar-refractivity contribution in [3.63, 3.8) is 0 Å². The van der Waals surface area contributed by atoms with E-state index in [1.165, 1.54) is 6.20 Å². The van der Waals surface area contributed by atoms with Gasteiger partial charge in [0.1, 0.15) is 30.0 Å². The van der Waals surface area contributed by atoms with Crippen LogP contribution in [0.5, 0.6) is 5.88 Å². The molecule has 1 unspecified atom stereocenters. The molecular formula is C24H21ClFN5O3. The Morgan fingerprint density at radius 2 is 2.18 bits per heavy atom. The molecule has 1 aliphatic carbocycles. The van der Waals surface area contributed by atoms with Crippen molar-refractivity contribution in [3.8, 4) is 23.1 Å². The van der Waals surface area contributed by atoms with Crippen LogP contribution in [0.25, 0.3) is 21.9 Å². The summed E-state index contributed by atoms with van der Waals surface area (Å²) in [5, 5.41) is 15.9. The van der Waals surface area contributed by atoms with E-state index in [-0.39, 0.29) is 22.3 Å². The van der Waals surface area contributed by atoms with Crippen molar-refractivity contribution in [1.29, 1.82) is 5.26 Å². The maximum absolute atomic E-state index is 15.3. The first-order valence-corrected chi connectivity index (χ1v) is 11.4. The van der Waals surface area contributed by atoms with Gasteiger partial charge in [0.2, 0.25) is 5.88 Å². The van der Waals surface area contributed by atoms with Gasteiger partial charge in [0, 0.05) is 35.5 Å². The summed E-state index contributed by atoms with van der Waals surface area (Å²) in [5.74, 6) is -0.169. The third-order valence-corrected chi connectivity index (χ3v) is 6.61. The Kier molecular flexibility index (Phi) is 5.84. The van der Waals surface area contributed by atoms with Gasteiger partial charge >= 0.3 is 6.09 Å². The van der Waals surface area contributed by atoms with Crippen molar-refractivity contribution >= 4 is 40.0 Å². The average molecular weight is 482 g/mol. The normalized spacial score (nSPS) is 19.0. The lowest BCUT2D eigenvalue weighted by atomic mass is 9.98. The summed E-state index contributed by atoms with van der Waals surface area (Å²) in [6.45, 7) is 3.01. The van der Waals surface area contributed by atoms with Crippen LogP contribution in [0.2, 0.25) is 5.02 Å². The number of carbonyl (C=O) groups excluding carboxylic acids is 1. The van der Waals surface area contributed by atoms with Crippen LogP contribution in [-0.2, 0) is 4.74 Å². The number of hydrogen-bond donors (Lipinski definition) is 2. The van der Waals surface area contributed by atoms with E-state index in [1.807, 2.05) is 6.92 Å². The van der Waals surface area contributed by atoms with Crippen LogP contribution < -0.4 is 15.4 Å². The van der Waals surface area contributed by atoms with Crippen LogP contribution >= 0.6 is 11.6 Å². The Hall–Kier alpha value is -3.64. The summed E-state index contributed by atoms with van der Waals surface area (Å²) >= 11 is 6.36. The number of aromatic nitrogens is 2. The predicted octanol–water partition coefficient (Wildman–Crippen LogP) is 5.44. The van der Waals surface area contributed by atoms with E-state index in [0.29, 0.717) is 48.2 Å². The van der Waals surface area contributed by atoms with Crippen molar-refractivity contribution in [1.82, 2.24) is 9.97 Å². The minimum Gasteiger partial charge on any atom is -0.474 e. The molecule has 0 bridgehead atoms. The number of rotatable bonds is 3. The zero-order chi connectivity index (χ0) is 23.8. The highest BCUT2D eigenvalue weighted by atomic mass is 35.5. The standard InChI is InChI=1S/C24H21ClFN5O3/c1-12-16(10-30-23-22(12)28-5-6-33-23)15-7-14-8-19(29-11-17(14)20(25)21(15)26)31-24(32)34-18-4-2-3-13(18)9-27/h7-8,10-11,13,18,28H,2-6H2,1H3,(H,29,31,32)/t13?,18-/m0/s1. The molecule has 3 aromatic rings. The molecule has 2 aromatic heterocycles. The number of anilines is 2. The number of nitrogens with one attached hydrogen (secondary N) is 2. The Morgan fingerprint density at radius 3 is 3.00 bits per heavy atom. The quantitative estimate of drug-likeness (QED) is 0.512. The van der Waals surface area contributed by atoms with Gasteiger partial charge in [0.25, 0.3) is 0 Å². The minimum absolute atomic E-state index is 0.0710. The third-order valence-electron chi connectivity index (χ3n) is 6.24. The first-order valence-electron chi connectivity index (χ1n) is 11.0. The second-order valence-electron chi connectivity index (χ2n) is 8.33. The van der Waals surface area contributed by atoms with Gasteiger partial charge in [-0.05, 0) is 49.3 Å². The number of halogens is 2. The van der Waals surface area contributed by atoms with Gasteiger partial charge < -0.3 is 14.8 Å². The molecule has 1 aromatic carbocycles. The number of ether oxygens (including phenoxy) is 2. The second kappa shape index (κ2) is 8.95. The largest absolute Gasteiger partial charge is 0.474 e. The highest BCUT2D eigenvalue weighted by molar-refractivity contribution is 6.36. The number of hydrogen-bond acceptors (Lipinski definition) is 7. The number of benzene rings is 1. The second-order valence-corrected chi connectivity index (χ2v) is 8.71. The fourth-order valence-electron chi connectivity index (χ4n) is 4.47. The molecule has 174 valence electrons. The number of nitriles is 1. The monoisotopic (exact) mass is 481 g/mol. The van der Waals surface area contributed by atoms with Crippen LogP contribution in [-0.4, -0.2) is 35.3 Å². The molecule has 0 spiro atoms. The summed E-state index contributed by atoms with van der Waals surface area (Å²) in [6.07, 6.45) is 4.06. The molecule has 5 rings (SSSR count). The molecule has 8 nitrogen and oxygen atoms in total. The molecule has 1 saturated carbocycles. The SMILES string of the molecule is Cc1c(-c2cc3cc(NC(=O)O[C@H]4CCCC4C#N)ncc3c(Cl)c2F)cnc2c1NCCO2. The lowest BCUT2D eigenvalue weighted by Gasteiger charge is -2.22. The van der Waals surface area contributed by atoms with Crippen LogP contribution in [0.1, 0.15) is 24.8 Å². The summed E-state index contributed by atoms with van der Waals surface area (Å²) in [6, 6.07) is 5.43. The average Bonchev–Trinajstić information content (AvgIpc) is 3.29. The van der Waals surface area contributed by atoms with Crippen molar-refractivity contribution < 1.29 is 18.7 Å². The van der Waals surface area contributed by atoms with Crippen molar-refractivity contribution in [3.05, 3.63) is 40.9 Å². The van der Waals surface area contributed by atoms with Gasteiger partial charge in [-0.1, -0.05) is 11.6 Å². The minimum atomic E-state index is -0.687. The third kappa shape index (κ3) is 3.94. The van der Waals surface area contributed by atoms with Crippen LogP contribution in [0, 0.1) is 30.0 Å². The Labute approximate surface area is 200 Å². The lowest BCUT2D eigenvalue weighted by Crippen LogP contribution is -2.25. The predicted molar refractivity (Wildman–Crippen MR) is 126 cm³/mol. The van der Waals surface area contributed by atoms with E-state index in [0.717, 1.165) is 17.7 Å². The van der Waals surface area contributed by atoms with E-state index in [2.05, 4.69) is 26.7 Å². The molecule has 2 aliphatic rings. The van der Waals surface area contributed by atoms with E-state index in [9.17, 15) is 10.1 Å². The molecule has 1 amide bonds. The summed E-state index contributed by atoms with van der Waals surface area (Å²) in [5.41, 5.74) is 2.37. The molecule has 0 radical (unpaired) electrons. The smallest absolute Gasteiger partial charge is 0.413 e. The molecular weight excluding hydrogens is 461 g/mol. The van der Waals surface area contributed by atoms with Gasteiger partial charge in [-0.25, -0.2) is 19.2 Å². The Balaban J connectivity index is 1.47. The van der Waals surface area contributed by atoms with E-state index >= 15 is 4.39 Å². The maximum atomic E-state index is 15.3. The maximum Gasteiger partial charge on any atom is 0.413 e. The Bertz CT molecular complexity index is 1340. The van der Waals surface area contributed by atoms with Crippen molar-refractivity contribution in [2.24, 2.45) is 5.92 Å². The number of amides is 1. The van der Waals surface area contributed by atoms with Crippen LogP contribution in [0.4, 0.5) is 20.7 Å². The summed E-state index contributed by atoms with van der Waals surface area (Å²) < 4.78 is 26.3. The van der Waals surface area contributed by atoms with Gasteiger partial charge in [0.05, 0.1) is 17.0 Å². The van der Waals surface area contributed by atoms with E-state index in [4.69, 9.17) is 21.1 Å². The van der Waals surface area contributed by atoms with Crippen molar-refractivity contribution in [2.75, 3.05) is 23.8 Å². The molecule has 34 heavy (non-hydrogen) atoms. The summed E-state index contributed by atoms with van der Waals surface area (Å²) in [4.78, 5) is 20.9. The van der Waals surface area contributed by atoms with Crippen molar-refractivity contribution in [2.45, 2.75) is 32.3 Å². The van der Waals surface area contributed by atoms with Gasteiger partial charge in [0.15, 0.2) is 0 Å².